The molecule has 0 saturated heterocycles. The number of fused-ring (bicyclic) bond motifs is 1. The Labute approximate surface area is 108 Å². The van der Waals surface area contributed by atoms with Crippen molar-refractivity contribution < 1.29 is 14.2 Å². The van der Waals surface area contributed by atoms with Crippen LogP contribution in [0.3, 0.4) is 0 Å². The van der Waals surface area contributed by atoms with Gasteiger partial charge in [0.15, 0.2) is 6.20 Å². The Balaban J connectivity index is 2.38. The zero-order chi connectivity index (χ0) is 13.4. The fraction of sp³-hybridized carbons (Fsp3) is 0. The Kier molecular flexibility index (Phi) is 2.56. The highest BCUT2D eigenvalue weighted by Gasteiger charge is 2.15. The zero-order valence-corrected chi connectivity index (χ0v) is 9.88. The Morgan fingerprint density at radius 1 is 1.05 bits per heavy atom. The van der Waals surface area contributed by atoms with E-state index in [4.69, 9.17) is 0 Å². The summed E-state index contributed by atoms with van der Waals surface area (Å²) in [5, 5.41) is 22.8. The number of pyridine rings is 1. The maximum absolute atomic E-state index is 13.4. The minimum absolute atomic E-state index is 0.0610. The van der Waals surface area contributed by atoms with Crippen molar-refractivity contribution >= 4 is 10.8 Å². The summed E-state index contributed by atoms with van der Waals surface area (Å²) in [6.07, 6.45) is 1.37. The minimum Gasteiger partial charge on any atom is -0.618 e. The van der Waals surface area contributed by atoms with E-state index in [-0.39, 0.29) is 5.75 Å². The topological polar surface area (TPSA) is 47.2 Å². The zero-order valence-electron chi connectivity index (χ0n) is 9.88. The number of aromatic nitrogens is 1. The molecule has 3 aromatic rings. The fourth-order valence-corrected chi connectivity index (χ4v) is 2.16. The van der Waals surface area contributed by atoms with Crippen molar-refractivity contribution in [3.63, 3.8) is 0 Å². The number of aromatic hydroxyl groups is 1. The Hall–Kier alpha value is -2.62. The largest absolute Gasteiger partial charge is 0.618 e. The van der Waals surface area contributed by atoms with Crippen molar-refractivity contribution in [2.24, 2.45) is 0 Å². The predicted octanol–water partition coefficient (Wildman–Crippen LogP) is 2.98. The van der Waals surface area contributed by atoms with Gasteiger partial charge in [-0.25, -0.2) is 4.39 Å². The summed E-state index contributed by atoms with van der Waals surface area (Å²) in [5.41, 5.74) is 0.874. The molecule has 0 fully saturated rings. The predicted molar refractivity (Wildman–Crippen MR) is 70.0 cm³/mol. The Morgan fingerprint density at radius 2 is 1.89 bits per heavy atom. The molecule has 0 saturated carbocycles. The average Bonchev–Trinajstić information content (AvgIpc) is 2.38. The van der Waals surface area contributed by atoms with Crippen LogP contribution in [0.15, 0.2) is 54.7 Å². The molecule has 0 radical (unpaired) electrons. The fourth-order valence-electron chi connectivity index (χ4n) is 2.16. The molecule has 2 aromatic carbocycles. The van der Waals surface area contributed by atoms with E-state index in [2.05, 4.69) is 0 Å². The van der Waals surface area contributed by atoms with E-state index in [1.807, 2.05) is 0 Å². The van der Waals surface area contributed by atoms with E-state index >= 15 is 0 Å². The number of rotatable bonds is 1. The molecule has 0 unspecified atom stereocenters. The first-order chi connectivity index (χ1) is 9.15. The summed E-state index contributed by atoms with van der Waals surface area (Å²) in [6, 6.07) is 12.3. The number of phenols is 1. The standard InChI is InChI=1S/C15H10FNO2/c16-12-5-4-10-6-7-17(19)15(14(10)9-12)11-2-1-3-13(18)8-11/h1-9,18H. The lowest BCUT2D eigenvalue weighted by molar-refractivity contribution is -0.592. The summed E-state index contributed by atoms with van der Waals surface area (Å²) >= 11 is 0. The highest BCUT2D eigenvalue weighted by Crippen LogP contribution is 2.27. The van der Waals surface area contributed by atoms with Crippen LogP contribution in [0.4, 0.5) is 4.39 Å². The van der Waals surface area contributed by atoms with Crippen LogP contribution in [0.2, 0.25) is 0 Å². The van der Waals surface area contributed by atoms with Gasteiger partial charge in [0.1, 0.15) is 11.6 Å². The van der Waals surface area contributed by atoms with Gasteiger partial charge in [-0.1, -0.05) is 12.1 Å². The van der Waals surface area contributed by atoms with Crippen LogP contribution in [-0.4, -0.2) is 5.11 Å². The van der Waals surface area contributed by atoms with Gasteiger partial charge in [-0.3, -0.25) is 0 Å². The van der Waals surface area contributed by atoms with Crippen LogP contribution >= 0.6 is 0 Å². The summed E-state index contributed by atoms with van der Waals surface area (Å²) in [4.78, 5) is 0. The van der Waals surface area contributed by atoms with Crippen LogP contribution in [0.1, 0.15) is 0 Å². The van der Waals surface area contributed by atoms with Gasteiger partial charge in [0.05, 0.1) is 10.9 Å². The van der Waals surface area contributed by atoms with Gasteiger partial charge in [-0.05, 0) is 35.7 Å². The summed E-state index contributed by atoms with van der Waals surface area (Å²) in [5.74, 6) is -0.342. The maximum atomic E-state index is 13.4. The molecular weight excluding hydrogens is 245 g/mol. The van der Waals surface area contributed by atoms with E-state index < -0.39 is 5.82 Å². The molecule has 94 valence electrons. The van der Waals surface area contributed by atoms with E-state index in [0.717, 1.165) is 5.39 Å². The molecule has 0 aliphatic heterocycles. The van der Waals surface area contributed by atoms with E-state index in [9.17, 15) is 14.7 Å². The van der Waals surface area contributed by atoms with Gasteiger partial charge in [-0.15, -0.1) is 0 Å². The summed E-state index contributed by atoms with van der Waals surface area (Å²) < 4.78 is 14.1. The van der Waals surface area contributed by atoms with E-state index in [1.54, 1.807) is 24.3 Å². The molecule has 19 heavy (non-hydrogen) atoms. The Bertz CT molecular complexity index is 766. The molecule has 3 nitrogen and oxygen atoms in total. The van der Waals surface area contributed by atoms with Crippen molar-refractivity contribution in [3.8, 4) is 17.0 Å². The van der Waals surface area contributed by atoms with Gasteiger partial charge >= 0.3 is 0 Å². The number of phenolic OH excluding ortho intramolecular Hbond substituents is 1. The normalized spacial score (nSPS) is 10.8. The third-order valence-electron chi connectivity index (χ3n) is 3.00. The first kappa shape index (κ1) is 11.5. The number of hydrogen-bond donors (Lipinski definition) is 1. The molecule has 0 aliphatic rings. The third kappa shape index (κ3) is 1.97. The third-order valence-corrected chi connectivity index (χ3v) is 3.00. The quantitative estimate of drug-likeness (QED) is 0.536. The highest BCUT2D eigenvalue weighted by atomic mass is 19.1. The van der Waals surface area contributed by atoms with Crippen molar-refractivity contribution in [2.75, 3.05) is 0 Å². The molecule has 3 rings (SSSR count). The van der Waals surface area contributed by atoms with E-state index in [0.29, 0.717) is 21.4 Å². The van der Waals surface area contributed by atoms with Crippen molar-refractivity contribution in [1.82, 2.24) is 0 Å². The molecule has 0 bridgehead atoms. The molecule has 0 aliphatic carbocycles. The van der Waals surface area contributed by atoms with Crippen molar-refractivity contribution in [1.29, 1.82) is 0 Å². The van der Waals surface area contributed by atoms with Gasteiger partial charge in [0.25, 0.3) is 0 Å². The van der Waals surface area contributed by atoms with Crippen LogP contribution in [0, 0.1) is 11.0 Å². The lowest BCUT2D eigenvalue weighted by Crippen LogP contribution is -2.28. The van der Waals surface area contributed by atoms with Gasteiger partial charge in [0, 0.05) is 6.07 Å². The second kappa shape index (κ2) is 4.24. The number of nitrogens with zero attached hydrogens (tertiary/aromatic N) is 1. The number of benzene rings is 2. The molecule has 1 aromatic heterocycles. The van der Waals surface area contributed by atoms with Gasteiger partial charge < -0.3 is 10.3 Å². The molecule has 1 N–H and O–H groups in total. The maximum Gasteiger partial charge on any atom is 0.231 e. The molecule has 0 atom stereocenters. The Morgan fingerprint density at radius 3 is 2.68 bits per heavy atom. The lowest BCUT2D eigenvalue weighted by Gasteiger charge is -2.08. The van der Waals surface area contributed by atoms with Crippen LogP contribution in [0.5, 0.6) is 5.75 Å². The van der Waals surface area contributed by atoms with Gasteiger partial charge in [-0.2, -0.15) is 4.73 Å². The molecular formula is C15H10FNO2. The monoisotopic (exact) mass is 255 g/mol. The summed E-state index contributed by atoms with van der Waals surface area (Å²) in [7, 11) is 0. The number of hydrogen-bond acceptors (Lipinski definition) is 2. The molecule has 1 heterocycles. The first-order valence-corrected chi connectivity index (χ1v) is 5.76. The van der Waals surface area contributed by atoms with Crippen LogP contribution < -0.4 is 4.73 Å². The minimum atomic E-state index is -0.403. The van der Waals surface area contributed by atoms with E-state index in [1.165, 1.54) is 30.5 Å². The first-order valence-electron chi connectivity index (χ1n) is 5.76. The van der Waals surface area contributed by atoms with Crippen LogP contribution in [0.25, 0.3) is 22.0 Å². The second-order valence-corrected chi connectivity index (χ2v) is 4.27. The average molecular weight is 255 g/mol. The summed E-state index contributed by atoms with van der Waals surface area (Å²) in [6.45, 7) is 0. The lowest BCUT2D eigenvalue weighted by atomic mass is 10.0. The SMILES string of the molecule is [O-][n+]1ccc2ccc(F)cc2c1-c1cccc(O)c1. The molecule has 0 amide bonds. The second-order valence-electron chi connectivity index (χ2n) is 4.27. The molecule has 4 heteroatoms. The van der Waals surface area contributed by atoms with Crippen molar-refractivity contribution in [3.05, 3.63) is 65.8 Å². The van der Waals surface area contributed by atoms with Crippen LogP contribution in [-0.2, 0) is 0 Å². The van der Waals surface area contributed by atoms with Crippen molar-refractivity contribution in [2.45, 2.75) is 0 Å². The molecule has 0 spiro atoms. The highest BCUT2D eigenvalue weighted by molar-refractivity contribution is 5.93. The number of halogens is 1. The van der Waals surface area contributed by atoms with Gasteiger partial charge in [0.2, 0.25) is 5.69 Å². The smallest absolute Gasteiger partial charge is 0.231 e.